The Bertz CT molecular complexity index is 522. The van der Waals surface area contributed by atoms with Gasteiger partial charge >= 0.3 is 123 Å². The van der Waals surface area contributed by atoms with Gasteiger partial charge in [0.2, 0.25) is 5.91 Å². The topological polar surface area (TPSA) is 49.4 Å². The number of carbonyl (C=O) groups is 2. The minimum atomic E-state index is 0.0253. The van der Waals surface area contributed by atoms with E-state index in [-0.39, 0.29) is 17.7 Å². The summed E-state index contributed by atoms with van der Waals surface area (Å²) >= 11 is 2.04. The van der Waals surface area contributed by atoms with Crippen molar-refractivity contribution in [3.63, 3.8) is 0 Å². The molecule has 2 rings (SSSR count). The number of amides is 2. The summed E-state index contributed by atoms with van der Waals surface area (Å²) in [4.78, 5) is 25.3. The number of benzene rings is 1. The molecule has 1 fully saturated rings. The number of rotatable bonds is 4. The molecule has 2 amide bonds. The molecule has 0 unspecified atom stereocenters. The first kappa shape index (κ1) is 17.1. The van der Waals surface area contributed by atoms with Gasteiger partial charge in [-0.15, -0.1) is 0 Å². The summed E-state index contributed by atoms with van der Waals surface area (Å²) in [6, 6.07) is 8.05. The number of carbonyl (C=O) groups excluding carboxylic acids is 2. The molecule has 0 aromatic heterocycles. The first-order valence-electron chi connectivity index (χ1n) is 7.81. The van der Waals surface area contributed by atoms with Crippen LogP contribution in [0.4, 0.5) is 5.69 Å². The van der Waals surface area contributed by atoms with Crippen LogP contribution >= 0.6 is 0 Å². The van der Waals surface area contributed by atoms with Gasteiger partial charge < -0.3 is 0 Å². The van der Waals surface area contributed by atoms with Crippen molar-refractivity contribution in [2.24, 2.45) is 11.8 Å². The maximum atomic E-state index is 12.6. The molecule has 4 nitrogen and oxygen atoms in total. The van der Waals surface area contributed by atoms with Gasteiger partial charge in [-0.2, -0.15) is 0 Å². The van der Waals surface area contributed by atoms with Crippen LogP contribution < -0.4 is 14.6 Å². The van der Waals surface area contributed by atoms with Crippen molar-refractivity contribution in [2.75, 3.05) is 18.5 Å². The number of hydrogen-bond acceptors (Lipinski definition) is 2. The van der Waals surface area contributed by atoms with Crippen LogP contribution in [-0.2, 0) is 9.59 Å². The Morgan fingerprint density at radius 1 is 1.18 bits per heavy atom. The molecule has 0 spiro atoms. The summed E-state index contributed by atoms with van der Waals surface area (Å²) in [5.74, 6) is 0.858. The summed E-state index contributed by atoms with van der Waals surface area (Å²) in [6.07, 6.45) is 3.86. The summed E-state index contributed by atoms with van der Waals surface area (Å²) in [6.45, 7) is 2.29. The third kappa shape index (κ3) is 4.60. The van der Waals surface area contributed by atoms with Crippen LogP contribution in [0.2, 0.25) is 0 Å². The number of anilines is 1. The molecule has 0 heterocycles. The summed E-state index contributed by atoms with van der Waals surface area (Å²) < 4.78 is 1.20. The third-order valence-corrected chi connectivity index (χ3v) is 5.12. The first-order valence-corrected chi connectivity index (χ1v) is 8.86. The molecule has 1 aliphatic rings. The summed E-state index contributed by atoms with van der Waals surface area (Å²) in [7, 11) is 1.86. The van der Waals surface area contributed by atoms with E-state index in [0.717, 1.165) is 37.9 Å². The van der Waals surface area contributed by atoms with E-state index in [1.165, 1.54) is 4.40 Å². The molecule has 0 bridgehead atoms. The molecule has 5 heteroatoms. The molecular formula is C17H23GeN2O2. The number of nitrogens with zero attached hydrogens (tertiary/aromatic N) is 1. The fourth-order valence-corrected chi connectivity index (χ4v) is 3.34. The van der Waals surface area contributed by atoms with Crippen molar-refractivity contribution in [3.8, 4) is 0 Å². The summed E-state index contributed by atoms with van der Waals surface area (Å²) in [5, 5.41) is 2.88. The second-order valence-corrected chi connectivity index (χ2v) is 7.31. The van der Waals surface area contributed by atoms with Crippen LogP contribution in [0.3, 0.4) is 0 Å². The monoisotopic (exact) mass is 361 g/mol. The van der Waals surface area contributed by atoms with Crippen LogP contribution in [0, 0.1) is 11.8 Å². The maximum absolute atomic E-state index is 12.6. The van der Waals surface area contributed by atoms with Gasteiger partial charge in [0.25, 0.3) is 0 Å². The van der Waals surface area contributed by atoms with Crippen molar-refractivity contribution in [2.45, 2.75) is 32.6 Å². The van der Waals surface area contributed by atoms with Gasteiger partial charge in [0, 0.05) is 6.92 Å². The minimum absolute atomic E-state index is 0.0253. The van der Waals surface area contributed by atoms with Crippen molar-refractivity contribution in [1.82, 2.24) is 5.32 Å². The first-order chi connectivity index (χ1) is 10.5. The fourth-order valence-electron chi connectivity index (χ4n) is 2.99. The Labute approximate surface area is 140 Å². The third-order valence-electron chi connectivity index (χ3n) is 4.42. The van der Waals surface area contributed by atoms with Gasteiger partial charge in [-0.1, -0.05) is 0 Å². The van der Waals surface area contributed by atoms with Crippen LogP contribution in [0.15, 0.2) is 24.3 Å². The standard InChI is InChI=1S/C17H23GeN2O2/c1-12(21)19-11-13-3-5-14(6-4-13)17(22)20(2)16-9-7-15(18)8-10-16/h7-10,13-14H,3-6,11H2,1-2H3,(H,19,21). The molecule has 22 heavy (non-hydrogen) atoms. The molecule has 1 N–H and O–H groups in total. The van der Waals surface area contributed by atoms with E-state index in [1.807, 2.05) is 47.8 Å². The molecule has 1 aromatic rings. The van der Waals surface area contributed by atoms with Gasteiger partial charge in [0.15, 0.2) is 0 Å². The zero-order valence-electron chi connectivity index (χ0n) is 13.3. The molecule has 1 aliphatic carbocycles. The van der Waals surface area contributed by atoms with Crippen molar-refractivity contribution in [3.05, 3.63) is 24.3 Å². The van der Waals surface area contributed by atoms with Gasteiger partial charge in [0.1, 0.15) is 0 Å². The van der Waals surface area contributed by atoms with Gasteiger partial charge in [-0.25, -0.2) is 0 Å². The zero-order valence-corrected chi connectivity index (χ0v) is 15.4. The van der Waals surface area contributed by atoms with Crippen molar-refractivity contribution in [1.29, 1.82) is 0 Å². The molecule has 0 saturated heterocycles. The van der Waals surface area contributed by atoms with Gasteiger partial charge in [-0.3, -0.25) is 4.79 Å². The van der Waals surface area contributed by atoms with Crippen molar-refractivity contribution >= 4 is 38.4 Å². The predicted octanol–water partition coefficient (Wildman–Crippen LogP) is 1.39. The van der Waals surface area contributed by atoms with E-state index in [4.69, 9.17) is 0 Å². The second-order valence-electron chi connectivity index (χ2n) is 6.10. The molecule has 3 radical (unpaired) electrons. The fraction of sp³-hybridized carbons (Fsp3) is 0.529. The Kier molecular flexibility index (Phi) is 6.06. The Morgan fingerprint density at radius 2 is 1.77 bits per heavy atom. The SMILES string of the molecule is CC(=O)NCC1CCC(C(=O)N(C)c2cc[c]([Ge])cc2)CC1. The molecular weight excluding hydrogens is 337 g/mol. The number of hydrogen-bond donors (Lipinski definition) is 1. The van der Waals surface area contributed by atoms with Crippen LogP contribution in [0.25, 0.3) is 0 Å². The van der Waals surface area contributed by atoms with Crippen LogP contribution in [-0.4, -0.2) is 41.9 Å². The van der Waals surface area contributed by atoms with Gasteiger partial charge in [0.05, 0.1) is 0 Å². The molecule has 1 aromatic carbocycles. The van der Waals surface area contributed by atoms with Crippen molar-refractivity contribution < 1.29 is 9.59 Å². The van der Waals surface area contributed by atoms with E-state index in [9.17, 15) is 9.59 Å². The second kappa shape index (κ2) is 7.81. The van der Waals surface area contributed by atoms with E-state index < -0.39 is 0 Å². The molecule has 0 aliphatic heterocycles. The van der Waals surface area contributed by atoms with Crippen LogP contribution in [0.5, 0.6) is 0 Å². The van der Waals surface area contributed by atoms with Gasteiger partial charge in [-0.05, 0) is 0 Å². The van der Waals surface area contributed by atoms with E-state index >= 15 is 0 Å². The molecule has 1 saturated carbocycles. The Morgan fingerprint density at radius 3 is 2.32 bits per heavy atom. The quantitative estimate of drug-likeness (QED) is 0.826. The zero-order chi connectivity index (χ0) is 16.1. The normalized spacial score (nSPS) is 21.2. The summed E-state index contributed by atoms with van der Waals surface area (Å²) in [5.41, 5.74) is 0.955. The van der Waals surface area contributed by atoms with E-state index in [0.29, 0.717) is 5.92 Å². The van der Waals surface area contributed by atoms with E-state index in [2.05, 4.69) is 5.32 Å². The molecule has 117 valence electrons. The average molecular weight is 360 g/mol. The average Bonchev–Trinajstić information content (AvgIpc) is 2.53. The predicted molar refractivity (Wildman–Crippen MR) is 89.4 cm³/mol. The Balaban J connectivity index is 1.86. The van der Waals surface area contributed by atoms with Crippen LogP contribution in [0.1, 0.15) is 32.6 Å². The Hall–Kier alpha value is -1.30. The van der Waals surface area contributed by atoms with E-state index in [1.54, 1.807) is 11.8 Å². The number of nitrogens with one attached hydrogen (secondary N) is 1. The molecule has 0 atom stereocenters.